The molecule has 1 N–H and O–H groups in total. The highest BCUT2D eigenvalue weighted by Crippen LogP contribution is 2.36. The Morgan fingerprint density at radius 2 is 1.64 bits per heavy atom. The Morgan fingerprint density at radius 1 is 0.929 bits per heavy atom. The lowest BCUT2D eigenvalue weighted by Gasteiger charge is -2.26. The summed E-state index contributed by atoms with van der Waals surface area (Å²) in [7, 11) is 0. The van der Waals surface area contributed by atoms with E-state index in [2.05, 4.69) is 49.2 Å². The molecule has 1 fully saturated rings. The van der Waals surface area contributed by atoms with Gasteiger partial charge in [0, 0.05) is 30.0 Å². The molecule has 144 valence electrons. The van der Waals surface area contributed by atoms with E-state index in [4.69, 9.17) is 0 Å². The number of fused-ring (bicyclic) bond motifs is 1. The van der Waals surface area contributed by atoms with Crippen molar-refractivity contribution in [1.82, 2.24) is 0 Å². The van der Waals surface area contributed by atoms with Crippen LogP contribution in [0.4, 0.5) is 11.4 Å². The first-order valence-electron chi connectivity index (χ1n) is 10.1. The van der Waals surface area contributed by atoms with Gasteiger partial charge in [0.1, 0.15) is 0 Å². The van der Waals surface area contributed by atoms with Gasteiger partial charge in [0.15, 0.2) is 0 Å². The van der Waals surface area contributed by atoms with Crippen molar-refractivity contribution in [3.8, 4) is 0 Å². The number of nitrogens with one attached hydrogen (secondary N) is 1. The van der Waals surface area contributed by atoms with E-state index in [1.165, 1.54) is 29.7 Å². The maximum atomic E-state index is 13.3. The molecule has 3 heteroatoms. The molecule has 28 heavy (non-hydrogen) atoms. The Hall–Kier alpha value is -2.81. The summed E-state index contributed by atoms with van der Waals surface area (Å²) >= 11 is 0. The zero-order chi connectivity index (χ0) is 19.8. The molecule has 1 heterocycles. The van der Waals surface area contributed by atoms with Gasteiger partial charge in [-0.25, -0.2) is 0 Å². The van der Waals surface area contributed by atoms with Gasteiger partial charge in [-0.1, -0.05) is 36.4 Å². The van der Waals surface area contributed by atoms with Crippen LogP contribution in [0.3, 0.4) is 0 Å². The maximum Gasteiger partial charge on any atom is 0.256 e. The fourth-order valence-corrected chi connectivity index (χ4v) is 4.62. The van der Waals surface area contributed by atoms with Crippen LogP contribution < -0.4 is 10.2 Å². The molecule has 0 bridgehead atoms. The highest BCUT2D eigenvalue weighted by molar-refractivity contribution is 6.13. The number of hydrogen-bond donors (Lipinski definition) is 1. The molecule has 0 radical (unpaired) electrons. The summed E-state index contributed by atoms with van der Waals surface area (Å²) in [5, 5.41) is 5.33. The van der Waals surface area contributed by atoms with Crippen molar-refractivity contribution in [2.75, 3.05) is 23.3 Å². The topological polar surface area (TPSA) is 32.3 Å². The first kappa shape index (κ1) is 18.5. The molecule has 3 aromatic rings. The van der Waals surface area contributed by atoms with Gasteiger partial charge in [-0.15, -0.1) is 0 Å². The Morgan fingerprint density at radius 3 is 2.39 bits per heavy atom. The van der Waals surface area contributed by atoms with E-state index in [0.29, 0.717) is 0 Å². The molecular formula is C25H28N2O. The first-order valence-corrected chi connectivity index (χ1v) is 10.1. The van der Waals surface area contributed by atoms with Crippen LogP contribution in [0.15, 0.2) is 42.5 Å². The number of carbonyl (C=O) groups is 1. The van der Waals surface area contributed by atoms with E-state index in [1.807, 2.05) is 31.2 Å². The normalized spacial score (nSPS) is 13.9. The predicted octanol–water partition coefficient (Wildman–Crippen LogP) is 5.93. The van der Waals surface area contributed by atoms with Crippen LogP contribution in [0.2, 0.25) is 0 Å². The Balaban J connectivity index is 1.76. The minimum absolute atomic E-state index is 0.0395. The summed E-state index contributed by atoms with van der Waals surface area (Å²) in [6.07, 6.45) is 2.48. The van der Waals surface area contributed by atoms with E-state index in [9.17, 15) is 4.79 Å². The van der Waals surface area contributed by atoms with Crippen LogP contribution in [0, 0.1) is 27.7 Å². The van der Waals surface area contributed by atoms with Crippen LogP contribution in [0.5, 0.6) is 0 Å². The molecular weight excluding hydrogens is 344 g/mol. The molecule has 0 saturated carbocycles. The molecule has 0 aliphatic carbocycles. The monoisotopic (exact) mass is 372 g/mol. The standard InChI is InChI=1S/C25H28N2O/c1-16-13-20-9-5-6-10-21(20)22(14-16)25(28)26-23-17(2)15-18(3)24(19(23)4)27-11-7-8-12-27/h5-6,9-10,13-15H,7-8,11-12H2,1-4H3,(H,26,28). The van der Waals surface area contributed by atoms with Crippen molar-refractivity contribution in [2.24, 2.45) is 0 Å². The molecule has 1 saturated heterocycles. The van der Waals surface area contributed by atoms with Crippen molar-refractivity contribution in [3.05, 3.63) is 70.3 Å². The second-order valence-corrected chi connectivity index (χ2v) is 8.04. The second kappa shape index (κ2) is 7.31. The van der Waals surface area contributed by atoms with Crippen molar-refractivity contribution < 1.29 is 4.79 Å². The van der Waals surface area contributed by atoms with Gasteiger partial charge < -0.3 is 10.2 Å². The molecule has 0 unspecified atom stereocenters. The van der Waals surface area contributed by atoms with Gasteiger partial charge in [-0.2, -0.15) is 0 Å². The summed E-state index contributed by atoms with van der Waals surface area (Å²) < 4.78 is 0. The minimum Gasteiger partial charge on any atom is -0.371 e. The summed E-state index contributed by atoms with van der Waals surface area (Å²) in [5.74, 6) is -0.0395. The van der Waals surface area contributed by atoms with Crippen LogP contribution in [0.25, 0.3) is 10.8 Å². The van der Waals surface area contributed by atoms with Crippen LogP contribution in [0.1, 0.15) is 45.5 Å². The third kappa shape index (κ3) is 3.26. The summed E-state index contributed by atoms with van der Waals surface area (Å²) in [6.45, 7) is 10.6. The van der Waals surface area contributed by atoms with Crippen LogP contribution in [-0.4, -0.2) is 19.0 Å². The largest absolute Gasteiger partial charge is 0.371 e. The molecule has 3 aromatic carbocycles. The second-order valence-electron chi connectivity index (χ2n) is 8.04. The number of amides is 1. The highest BCUT2D eigenvalue weighted by atomic mass is 16.1. The van der Waals surface area contributed by atoms with Gasteiger partial charge in [-0.3, -0.25) is 4.79 Å². The predicted molar refractivity (Wildman–Crippen MR) is 119 cm³/mol. The van der Waals surface area contributed by atoms with E-state index in [-0.39, 0.29) is 5.91 Å². The molecule has 4 rings (SSSR count). The summed E-state index contributed by atoms with van der Waals surface area (Å²) in [6, 6.07) is 14.4. The summed E-state index contributed by atoms with van der Waals surface area (Å²) in [4.78, 5) is 15.7. The molecule has 1 amide bonds. The van der Waals surface area contributed by atoms with E-state index in [0.717, 1.165) is 46.2 Å². The maximum absolute atomic E-state index is 13.3. The lowest BCUT2D eigenvalue weighted by molar-refractivity contribution is 0.102. The number of aryl methyl sites for hydroxylation is 3. The number of rotatable bonds is 3. The van der Waals surface area contributed by atoms with Crippen LogP contribution >= 0.6 is 0 Å². The molecule has 3 nitrogen and oxygen atoms in total. The fraction of sp³-hybridized carbons (Fsp3) is 0.320. The Labute approximate surface area is 167 Å². The van der Waals surface area contributed by atoms with Gasteiger partial charge in [-0.05, 0) is 79.6 Å². The Bertz CT molecular complexity index is 1060. The fourth-order valence-electron chi connectivity index (χ4n) is 4.62. The third-order valence-corrected chi connectivity index (χ3v) is 5.84. The van der Waals surface area contributed by atoms with Crippen molar-refractivity contribution in [2.45, 2.75) is 40.5 Å². The molecule has 0 aromatic heterocycles. The summed E-state index contributed by atoms with van der Waals surface area (Å²) in [5.41, 5.74) is 7.64. The van der Waals surface area contributed by atoms with Crippen molar-refractivity contribution in [1.29, 1.82) is 0 Å². The molecule has 1 aliphatic heterocycles. The zero-order valence-corrected chi connectivity index (χ0v) is 17.2. The molecule has 0 spiro atoms. The number of benzene rings is 3. The first-order chi connectivity index (χ1) is 13.5. The van der Waals surface area contributed by atoms with Gasteiger partial charge in [0.25, 0.3) is 5.91 Å². The van der Waals surface area contributed by atoms with E-state index in [1.54, 1.807) is 0 Å². The highest BCUT2D eigenvalue weighted by Gasteiger charge is 2.21. The lowest BCUT2D eigenvalue weighted by Crippen LogP contribution is -2.22. The Kier molecular flexibility index (Phi) is 4.84. The lowest BCUT2D eigenvalue weighted by atomic mass is 9.99. The average Bonchev–Trinajstić information content (AvgIpc) is 3.18. The number of nitrogens with zero attached hydrogens (tertiary/aromatic N) is 1. The van der Waals surface area contributed by atoms with Gasteiger partial charge in [0.2, 0.25) is 0 Å². The number of carbonyl (C=O) groups excluding carboxylic acids is 1. The van der Waals surface area contributed by atoms with Crippen LogP contribution in [-0.2, 0) is 0 Å². The number of hydrogen-bond acceptors (Lipinski definition) is 2. The van der Waals surface area contributed by atoms with E-state index < -0.39 is 0 Å². The number of anilines is 2. The van der Waals surface area contributed by atoms with Crippen molar-refractivity contribution in [3.63, 3.8) is 0 Å². The smallest absolute Gasteiger partial charge is 0.256 e. The third-order valence-electron chi connectivity index (χ3n) is 5.84. The van der Waals surface area contributed by atoms with Gasteiger partial charge >= 0.3 is 0 Å². The average molecular weight is 373 g/mol. The van der Waals surface area contributed by atoms with Crippen molar-refractivity contribution >= 4 is 28.1 Å². The zero-order valence-electron chi connectivity index (χ0n) is 17.2. The minimum atomic E-state index is -0.0395. The molecule has 0 atom stereocenters. The van der Waals surface area contributed by atoms with Gasteiger partial charge in [0.05, 0.1) is 0 Å². The SMILES string of the molecule is Cc1cc(C(=O)Nc2c(C)cc(C)c(N3CCCC3)c2C)c2ccccc2c1. The molecule has 1 aliphatic rings. The quantitative estimate of drug-likeness (QED) is 0.618. The van der Waals surface area contributed by atoms with E-state index >= 15 is 0 Å².